The number of benzene rings is 1. The fourth-order valence-corrected chi connectivity index (χ4v) is 0.901. The van der Waals surface area contributed by atoms with E-state index in [0.717, 1.165) is 11.1 Å². The van der Waals surface area contributed by atoms with E-state index in [4.69, 9.17) is 0 Å². The molecule has 1 aromatic carbocycles. The number of carbonyl (C=O) groups excluding carboxylic acids is 1. The molecule has 0 heterocycles. The van der Waals surface area contributed by atoms with Crippen molar-refractivity contribution in [2.24, 2.45) is 0 Å². The van der Waals surface area contributed by atoms with Gasteiger partial charge in [0.15, 0.2) is 5.78 Å². The maximum Gasteiger partial charge on any atom is 0.155 e. The summed E-state index contributed by atoms with van der Waals surface area (Å²) in [6.45, 7) is 3.41. The standard InChI is InChI=1S/C11H12O/c1-9(10(2)12)8-11-6-4-3-5-7-11/h3-8H,1-2H3/b9-8+. The van der Waals surface area contributed by atoms with Crippen molar-refractivity contribution < 1.29 is 4.79 Å². The highest BCUT2D eigenvalue weighted by atomic mass is 16.1. The maximum atomic E-state index is 10.9. The minimum absolute atomic E-state index is 0.124. The molecule has 0 aliphatic heterocycles. The fraction of sp³-hybridized carbons (Fsp3) is 0.182. The minimum atomic E-state index is 0.124. The van der Waals surface area contributed by atoms with Crippen molar-refractivity contribution in [1.82, 2.24) is 0 Å². The van der Waals surface area contributed by atoms with E-state index in [-0.39, 0.29) is 5.78 Å². The van der Waals surface area contributed by atoms with E-state index in [9.17, 15) is 4.79 Å². The van der Waals surface area contributed by atoms with Gasteiger partial charge in [0.25, 0.3) is 0 Å². The van der Waals surface area contributed by atoms with Gasteiger partial charge in [0, 0.05) is 0 Å². The van der Waals surface area contributed by atoms with Gasteiger partial charge in [-0.25, -0.2) is 0 Å². The van der Waals surface area contributed by atoms with Gasteiger partial charge in [-0.05, 0) is 31.1 Å². The maximum absolute atomic E-state index is 10.9. The number of Topliss-reactive ketones (excluding diaryl/α,β-unsaturated/α-hetero) is 1. The Morgan fingerprint density at radius 1 is 1.17 bits per heavy atom. The lowest BCUT2D eigenvalue weighted by atomic mass is 10.1. The second-order valence-electron chi connectivity index (χ2n) is 2.79. The molecule has 1 nitrogen and oxygen atoms in total. The summed E-state index contributed by atoms with van der Waals surface area (Å²) in [5, 5.41) is 0. The van der Waals surface area contributed by atoms with Crippen molar-refractivity contribution >= 4 is 11.9 Å². The van der Waals surface area contributed by atoms with E-state index < -0.39 is 0 Å². The predicted molar refractivity (Wildman–Crippen MR) is 50.8 cm³/mol. The van der Waals surface area contributed by atoms with Gasteiger partial charge >= 0.3 is 0 Å². The van der Waals surface area contributed by atoms with Crippen LogP contribution in [0.5, 0.6) is 0 Å². The van der Waals surface area contributed by atoms with Crippen LogP contribution in [0.4, 0.5) is 0 Å². The molecule has 0 atom stereocenters. The zero-order valence-electron chi connectivity index (χ0n) is 7.37. The number of ketones is 1. The van der Waals surface area contributed by atoms with Crippen LogP contribution in [0.3, 0.4) is 0 Å². The van der Waals surface area contributed by atoms with Crippen LogP contribution in [0, 0.1) is 0 Å². The molecule has 0 amide bonds. The van der Waals surface area contributed by atoms with Gasteiger partial charge in [-0.1, -0.05) is 30.3 Å². The zero-order valence-corrected chi connectivity index (χ0v) is 7.37. The van der Waals surface area contributed by atoms with Gasteiger partial charge in [-0.3, -0.25) is 4.79 Å². The summed E-state index contributed by atoms with van der Waals surface area (Å²) < 4.78 is 0. The Morgan fingerprint density at radius 2 is 1.75 bits per heavy atom. The van der Waals surface area contributed by atoms with Crippen LogP contribution in [0.25, 0.3) is 6.08 Å². The summed E-state index contributed by atoms with van der Waals surface area (Å²) in [5.41, 5.74) is 1.87. The Balaban J connectivity index is 2.89. The van der Waals surface area contributed by atoms with Crippen LogP contribution in [-0.4, -0.2) is 5.78 Å². The van der Waals surface area contributed by atoms with E-state index in [1.165, 1.54) is 0 Å². The molecule has 0 saturated heterocycles. The Bertz CT molecular complexity index is 296. The second-order valence-corrected chi connectivity index (χ2v) is 2.79. The summed E-state index contributed by atoms with van der Waals surface area (Å²) in [6, 6.07) is 9.83. The van der Waals surface area contributed by atoms with Crippen LogP contribution >= 0.6 is 0 Å². The molecular formula is C11H12O. The summed E-state index contributed by atoms with van der Waals surface area (Å²) in [4.78, 5) is 10.9. The van der Waals surface area contributed by atoms with Crippen molar-refractivity contribution in [1.29, 1.82) is 0 Å². The summed E-state index contributed by atoms with van der Waals surface area (Å²) in [5.74, 6) is 0.124. The highest BCUT2D eigenvalue weighted by Gasteiger charge is 1.94. The smallest absolute Gasteiger partial charge is 0.155 e. The minimum Gasteiger partial charge on any atom is -0.295 e. The number of hydrogen-bond donors (Lipinski definition) is 0. The topological polar surface area (TPSA) is 17.1 Å². The third kappa shape index (κ3) is 2.35. The van der Waals surface area contributed by atoms with E-state index in [0.29, 0.717) is 0 Å². The molecule has 0 aliphatic carbocycles. The van der Waals surface area contributed by atoms with Crippen molar-refractivity contribution in [3.8, 4) is 0 Å². The van der Waals surface area contributed by atoms with Crippen LogP contribution in [0.1, 0.15) is 19.4 Å². The molecule has 1 heteroatoms. The molecule has 0 bridgehead atoms. The quantitative estimate of drug-likeness (QED) is 0.608. The van der Waals surface area contributed by atoms with Crippen molar-refractivity contribution in [3.63, 3.8) is 0 Å². The van der Waals surface area contributed by atoms with Gasteiger partial charge in [0.2, 0.25) is 0 Å². The van der Waals surface area contributed by atoms with Gasteiger partial charge < -0.3 is 0 Å². The molecular weight excluding hydrogens is 148 g/mol. The van der Waals surface area contributed by atoms with Crippen LogP contribution < -0.4 is 0 Å². The largest absolute Gasteiger partial charge is 0.295 e. The average molecular weight is 160 g/mol. The first-order valence-electron chi connectivity index (χ1n) is 3.94. The van der Waals surface area contributed by atoms with Crippen LogP contribution in [-0.2, 0) is 4.79 Å². The SMILES string of the molecule is CC(=O)/C(C)=C/c1ccccc1. The van der Waals surface area contributed by atoms with Crippen molar-refractivity contribution in [2.45, 2.75) is 13.8 Å². The lowest BCUT2D eigenvalue weighted by Gasteiger charge is -1.94. The first kappa shape index (κ1) is 8.72. The highest BCUT2D eigenvalue weighted by molar-refractivity contribution is 5.97. The van der Waals surface area contributed by atoms with E-state index in [2.05, 4.69) is 0 Å². The molecule has 0 aromatic heterocycles. The molecule has 0 unspecified atom stereocenters. The number of hydrogen-bond acceptors (Lipinski definition) is 1. The van der Waals surface area contributed by atoms with E-state index in [1.54, 1.807) is 6.92 Å². The summed E-state index contributed by atoms with van der Waals surface area (Å²) >= 11 is 0. The lowest BCUT2D eigenvalue weighted by Crippen LogP contribution is -1.90. The first-order chi connectivity index (χ1) is 5.70. The van der Waals surface area contributed by atoms with Crippen LogP contribution in [0.15, 0.2) is 35.9 Å². The molecule has 12 heavy (non-hydrogen) atoms. The third-order valence-electron chi connectivity index (χ3n) is 1.74. The fourth-order valence-electron chi connectivity index (χ4n) is 0.901. The Kier molecular flexibility index (Phi) is 2.81. The summed E-state index contributed by atoms with van der Waals surface area (Å²) in [7, 11) is 0. The van der Waals surface area contributed by atoms with E-state index in [1.807, 2.05) is 43.3 Å². The van der Waals surface area contributed by atoms with Crippen molar-refractivity contribution in [2.75, 3.05) is 0 Å². The third-order valence-corrected chi connectivity index (χ3v) is 1.74. The number of carbonyl (C=O) groups is 1. The van der Waals surface area contributed by atoms with E-state index >= 15 is 0 Å². The van der Waals surface area contributed by atoms with Gasteiger partial charge in [0.1, 0.15) is 0 Å². The normalized spacial score (nSPS) is 11.3. The molecule has 0 radical (unpaired) electrons. The molecule has 0 N–H and O–H groups in total. The molecule has 0 saturated carbocycles. The zero-order chi connectivity index (χ0) is 8.97. The predicted octanol–water partition coefficient (Wildman–Crippen LogP) is 2.68. The van der Waals surface area contributed by atoms with Gasteiger partial charge in [0.05, 0.1) is 0 Å². The van der Waals surface area contributed by atoms with Crippen molar-refractivity contribution in [3.05, 3.63) is 41.5 Å². The Labute approximate surface area is 72.7 Å². The van der Waals surface area contributed by atoms with Crippen LogP contribution in [0.2, 0.25) is 0 Å². The monoisotopic (exact) mass is 160 g/mol. The van der Waals surface area contributed by atoms with Gasteiger partial charge in [-0.15, -0.1) is 0 Å². The molecule has 1 rings (SSSR count). The van der Waals surface area contributed by atoms with Gasteiger partial charge in [-0.2, -0.15) is 0 Å². The second kappa shape index (κ2) is 3.86. The lowest BCUT2D eigenvalue weighted by molar-refractivity contribution is -0.113. The molecule has 0 fully saturated rings. The Hall–Kier alpha value is -1.37. The molecule has 0 spiro atoms. The number of rotatable bonds is 2. The Morgan fingerprint density at radius 3 is 2.25 bits per heavy atom. The molecule has 62 valence electrons. The molecule has 0 aliphatic rings. The first-order valence-corrected chi connectivity index (χ1v) is 3.94. The summed E-state index contributed by atoms with van der Waals surface area (Å²) in [6.07, 6.45) is 1.89. The molecule has 1 aromatic rings. The highest BCUT2D eigenvalue weighted by Crippen LogP contribution is 2.06. The average Bonchev–Trinajstić information content (AvgIpc) is 2.06. The number of allylic oxidation sites excluding steroid dienone is 1.